The molecule has 0 amide bonds. The van der Waals surface area contributed by atoms with Gasteiger partial charge in [0.25, 0.3) is 0 Å². The molecular weight excluding hydrogens is 765 g/mol. The third-order valence-corrected chi connectivity index (χ3v) is 14.2. The molecule has 2 unspecified atom stereocenters. The Balaban J connectivity index is 1.01. The van der Waals surface area contributed by atoms with Gasteiger partial charge in [0.05, 0.1) is 23.2 Å². The van der Waals surface area contributed by atoms with Gasteiger partial charge in [0.2, 0.25) is 10.0 Å². The molecule has 1 aromatic carbocycles. The number of rotatable bonds is 9. The second-order valence-corrected chi connectivity index (χ2v) is 17.5. The van der Waals surface area contributed by atoms with Gasteiger partial charge in [0.1, 0.15) is 23.3 Å². The zero-order chi connectivity index (χ0) is 37.4. The van der Waals surface area contributed by atoms with Gasteiger partial charge in [0, 0.05) is 64.8 Å². The van der Waals surface area contributed by atoms with E-state index in [2.05, 4.69) is 30.4 Å². The maximum atomic E-state index is 14.3. The smallest absolute Gasteiger partial charge is 0.333 e. The highest BCUT2D eigenvalue weighted by Crippen LogP contribution is 2.53. The van der Waals surface area contributed by atoms with E-state index in [9.17, 15) is 26.7 Å². The number of halogens is 4. The van der Waals surface area contributed by atoms with Crippen LogP contribution in [0.3, 0.4) is 0 Å². The molecular formula is C35H34ClF3N10O3S2. The van der Waals surface area contributed by atoms with Crippen molar-refractivity contribution in [3.05, 3.63) is 99.2 Å². The van der Waals surface area contributed by atoms with Gasteiger partial charge < -0.3 is 10.0 Å². The molecule has 1 saturated heterocycles. The fourth-order valence-electron chi connectivity index (χ4n) is 8.79. The number of nitrogens with one attached hydrogen (secondary N) is 2. The number of pyridine rings is 1. The number of benzene rings is 1. The Morgan fingerprint density at radius 2 is 1.91 bits per heavy atom. The van der Waals surface area contributed by atoms with Gasteiger partial charge in [-0.1, -0.05) is 23.7 Å². The van der Waals surface area contributed by atoms with E-state index < -0.39 is 45.3 Å². The van der Waals surface area contributed by atoms with Crippen molar-refractivity contribution in [2.75, 3.05) is 18.1 Å². The molecule has 2 saturated carbocycles. The predicted molar refractivity (Wildman–Crippen MR) is 197 cm³/mol. The summed E-state index contributed by atoms with van der Waals surface area (Å²) in [4.78, 5) is 15.7. The third kappa shape index (κ3) is 5.98. The minimum absolute atomic E-state index is 0.0907. The number of hydrazine groups is 1. The monoisotopic (exact) mass is 798 g/mol. The summed E-state index contributed by atoms with van der Waals surface area (Å²) in [5.41, 5.74) is 4.01. The summed E-state index contributed by atoms with van der Waals surface area (Å²) in [6.07, 6.45) is 6.53. The number of hydrogen-bond acceptors (Lipinski definition) is 12. The van der Waals surface area contributed by atoms with Gasteiger partial charge in [-0.25, -0.2) is 42.7 Å². The van der Waals surface area contributed by atoms with Crippen LogP contribution in [0.5, 0.6) is 0 Å². The molecule has 2 bridgehead atoms. The van der Waals surface area contributed by atoms with Crippen LogP contribution in [-0.2, 0) is 10.0 Å². The zero-order valence-electron chi connectivity index (χ0n) is 28.4. The molecule has 4 aromatic rings. The topological polar surface area (TPSA) is 153 Å². The predicted octanol–water partition coefficient (Wildman–Crippen LogP) is 5.13. The number of amidine groups is 1. The minimum atomic E-state index is -3.92. The molecule has 5 aliphatic rings. The summed E-state index contributed by atoms with van der Waals surface area (Å²) < 4.78 is 73.8. The van der Waals surface area contributed by atoms with E-state index >= 15 is 0 Å². The first-order valence-electron chi connectivity index (χ1n) is 17.5. The number of hydrazone groups is 1. The van der Waals surface area contributed by atoms with Crippen LogP contribution in [0.1, 0.15) is 61.0 Å². The Hall–Kier alpha value is -4.36. The average Bonchev–Trinajstić information content (AvgIpc) is 3.99. The quantitative estimate of drug-likeness (QED) is 0.209. The fraction of sp³-hybridized carbons (Fsp3) is 0.400. The van der Waals surface area contributed by atoms with Gasteiger partial charge in [-0.15, -0.1) is 11.3 Å². The maximum Gasteiger partial charge on any atom is 0.333 e. The molecule has 0 radical (unpaired) electrons. The van der Waals surface area contributed by atoms with Gasteiger partial charge in [-0.2, -0.15) is 19.0 Å². The summed E-state index contributed by atoms with van der Waals surface area (Å²) in [5.74, 6) is -0.0418. The van der Waals surface area contributed by atoms with Gasteiger partial charge in [0.15, 0.2) is 10.8 Å². The normalized spacial score (nSPS) is 28.1. The number of aliphatic hydroxyl groups is 1. The number of nitrogens with zero attached hydrogens (tertiary/aromatic N) is 8. The van der Waals surface area contributed by atoms with E-state index in [0.29, 0.717) is 63.3 Å². The lowest BCUT2D eigenvalue weighted by molar-refractivity contribution is 0.00388. The lowest BCUT2D eigenvalue weighted by Gasteiger charge is -2.42. The number of aliphatic imine (C=N–C) groups is 1. The lowest BCUT2D eigenvalue weighted by atomic mass is 9.71. The standard InChI is InChI=1S/C35H34ClF3N10O3S2/c36-25-15-21(37)6-7-24(25)31-30(26-8-11-48(44-26)34(38)39)27-16-22(17-47(27)32(42-31)33-41-10-12-53-33)45-54(51,52)23-13-19-4-5-20(14-23)35(19,50)28-18-49(46-43-28)29-3-1-2-9-40-29/h1-3,6-12,15,19-20,22-23,31,34,45-46,50H,4-5,13-14,16-18H2/t19?,20?,22-,23?,31-,35?/m0/s1. The summed E-state index contributed by atoms with van der Waals surface area (Å²) in [6.45, 7) is -2.38. The molecule has 13 nitrogen and oxygen atoms in total. The van der Waals surface area contributed by atoms with Crippen molar-refractivity contribution in [2.45, 2.75) is 61.6 Å². The molecule has 3 aliphatic heterocycles. The fourth-order valence-corrected chi connectivity index (χ4v) is 11.5. The first kappa shape index (κ1) is 35.3. The Kier molecular flexibility index (Phi) is 8.80. The Labute approximate surface area is 317 Å². The first-order valence-corrected chi connectivity index (χ1v) is 20.3. The number of alkyl halides is 2. The SMILES string of the molecule is O=S(=O)(N[C@H]1CC2=C(c3ccn(C(F)F)n3)[C@H](c3ccc(F)cc3Cl)N=C(c3nccs3)N2C1)C1CC2CCC(C1)C2(O)C1=NNN(c2ccccn2)C1. The van der Waals surface area contributed by atoms with Crippen LogP contribution >= 0.6 is 22.9 Å². The van der Waals surface area contributed by atoms with Crippen LogP contribution in [0.15, 0.2) is 82.2 Å². The first-order chi connectivity index (χ1) is 26.0. The summed E-state index contributed by atoms with van der Waals surface area (Å²) in [6, 6.07) is 9.39. The number of sulfonamides is 1. The number of aromatic nitrogens is 4. The molecule has 2 aliphatic carbocycles. The van der Waals surface area contributed by atoms with E-state index in [4.69, 9.17) is 16.6 Å². The largest absolute Gasteiger partial charge is 0.383 e. The van der Waals surface area contributed by atoms with Crippen molar-refractivity contribution in [1.29, 1.82) is 0 Å². The Morgan fingerprint density at radius 1 is 1.09 bits per heavy atom. The molecule has 9 rings (SSSR count). The van der Waals surface area contributed by atoms with E-state index in [1.807, 2.05) is 23.1 Å². The summed E-state index contributed by atoms with van der Waals surface area (Å²) in [5, 5.41) is 24.2. The van der Waals surface area contributed by atoms with Crippen LogP contribution in [0.4, 0.5) is 19.0 Å². The van der Waals surface area contributed by atoms with Crippen LogP contribution in [0.25, 0.3) is 5.57 Å². The third-order valence-electron chi connectivity index (χ3n) is 11.2. The van der Waals surface area contributed by atoms with Crippen LogP contribution < -0.4 is 15.3 Å². The molecule has 0 spiro atoms. The highest BCUT2D eigenvalue weighted by Gasteiger charge is 2.59. The van der Waals surface area contributed by atoms with E-state index in [1.165, 1.54) is 29.5 Å². The molecule has 6 heterocycles. The number of fused-ring (bicyclic) bond motifs is 3. The highest BCUT2D eigenvalue weighted by molar-refractivity contribution is 7.90. The van der Waals surface area contributed by atoms with Crippen LogP contribution in [-0.4, -0.2) is 79.7 Å². The van der Waals surface area contributed by atoms with Crippen LogP contribution in [0.2, 0.25) is 5.02 Å². The molecule has 4 atom stereocenters. The van der Waals surface area contributed by atoms with E-state index in [1.54, 1.807) is 22.8 Å². The number of hydrogen-bond donors (Lipinski definition) is 3. The van der Waals surface area contributed by atoms with Crippen molar-refractivity contribution in [3.8, 4) is 0 Å². The van der Waals surface area contributed by atoms with Crippen LogP contribution in [0, 0.1) is 17.7 Å². The Morgan fingerprint density at radius 3 is 2.59 bits per heavy atom. The Bertz CT molecular complexity index is 2270. The number of thiazole rings is 1. The van der Waals surface area contributed by atoms with Crippen molar-refractivity contribution in [2.24, 2.45) is 21.9 Å². The van der Waals surface area contributed by atoms with Gasteiger partial charge in [-0.3, -0.25) is 4.99 Å². The lowest BCUT2D eigenvalue weighted by Crippen LogP contribution is -2.56. The van der Waals surface area contributed by atoms with Gasteiger partial charge >= 0.3 is 6.55 Å². The van der Waals surface area contributed by atoms with Crippen molar-refractivity contribution < 1.29 is 26.7 Å². The minimum Gasteiger partial charge on any atom is -0.383 e. The molecule has 19 heteroatoms. The maximum absolute atomic E-state index is 14.3. The van der Waals surface area contributed by atoms with Gasteiger partial charge in [-0.05, 0) is 67.9 Å². The second kappa shape index (κ2) is 13.4. The molecule has 3 aromatic heterocycles. The molecule has 54 heavy (non-hydrogen) atoms. The van der Waals surface area contributed by atoms with Crippen molar-refractivity contribution in [3.63, 3.8) is 0 Å². The van der Waals surface area contributed by atoms with E-state index in [0.717, 1.165) is 12.3 Å². The number of anilines is 1. The molecule has 3 fully saturated rings. The molecule has 282 valence electrons. The second-order valence-electron chi connectivity index (χ2n) is 14.2. The highest BCUT2D eigenvalue weighted by atomic mass is 35.5. The average molecular weight is 799 g/mol. The summed E-state index contributed by atoms with van der Waals surface area (Å²) in [7, 11) is -3.92. The summed E-state index contributed by atoms with van der Waals surface area (Å²) >= 11 is 7.92. The van der Waals surface area contributed by atoms with E-state index in [-0.39, 0.29) is 48.4 Å². The van der Waals surface area contributed by atoms with Crippen molar-refractivity contribution in [1.82, 2.24) is 34.9 Å². The molecule has 3 N–H and O–H groups in total. The van der Waals surface area contributed by atoms with Crippen molar-refractivity contribution >= 4 is 55.9 Å². The zero-order valence-corrected chi connectivity index (χ0v) is 30.8.